The number of piperazine rings is 1. The van der Waals surface area contributed by atoms with Crippen molar-refractivity contribution in [2.45, 2.75) is 31.3 Å². The van der Waals surface area contributed by atoms with E-state index in [4.69, 9.17) is 9.47 Å². The smallest absolute Gasteiger partial charge is 0.308 e. The second kappa shape index (κ2) is 8.51. The summed E-state index contributed by atoms with van der Waals surface area (Å²) in [4.78, 5) is 14.7. The molecule has 1 fully saturated rings. The van der Waals surface area contributed by atoms with Gasteiger partial charge >= 0.3 is 4.87 Å². The van der Waals surface area contributed by atoms with Crippen LogP contribution < -0.4 is 14.3 Å². The summed E-state index contributed by atoms with van der Waals surface area (Å²) >= 11 is 1.10. The van der Waals surface area contributed by atoms with Crippen molar-refractivity contribution in [1.29, 1.82) is 0 Å². The van der Waals surface area contributed by atoms with E-state index in [1.807, 2.05) is 25.1 Å². The lowest BCUT2D eigenvalue weighted by atomic mass is 10.2. The van der Waals surface area contributed by atoms with Crippen molar-refractivity contribution in [2.24, 2.45) is 0 Å². The number of benzene rings is 2. The molecule has 10 heteroatoms. The lowest BCUT2D eigenvalue weighted by Gasteiger charge is -2.34. The number of aryl methyl sites for hydroxylation is 1. The summed E-state index contributed by atoms with van der Waals surface area (Å²) in [6.07, 6.45) is 0.850. The number of sulfonamides is 1. The number of rotatable bonds is 6. The maximum absolute atomic E-state index is 13.2. The van der Waals surface area contributed by atoms with Crippen LogP contribution in [0, 0.1) is 0 Å². The maximum atomic E-state index is 13.2. The van der Waals surface area contributed by atoms with E-state index in [0.29, 0.717) is 37.4 Å². The number of ether oxygens (including phenoxy) is 2. The molecule has 1 aromatic heterocycles. The SMILES string of the molecule is CCCn1c(=O)sc2cc(S(=O)(=O)N3CCN(Cc4ccc5c(c4)OCO5)CC3)ccc21. The summed E-state index contributed by atoms with van der Waals surface area (Å²) in [6.45, 7) is 5.79. The molecule has 2 aromatic carbocycles. The van der Waals surface area contributed by atoms with Crippen molar-refractivity contribution in [3.05, 3.63) is 51.6 Å². The van der Waals surface area contributed by atoms with Gasteiger partial charge in [0.05, 0.1) is 15.1 Å². The highest BCUT2D eigenvalue weighted by Crippen LogP contribution is 2.33. The topological polar surface area (TPSA) is 81.1 Å². The second-order valence-electron chi connectivity index (χ2n) is 8.02. The van der Waals surface area contributed by atoms with E-state index in [1.54, 1.807) is 22.8 Å². The summed E-state index contributed by atoms with van der Waals surface area (Å²) in [6, 6.07) is 10.9. The molecule has 3 aromatic rings. The van der Waals surface area contributed by atoms with Gasteiger partial charge in [-0.2, -0.15) is 4.31 Å². The molecule has 0 radical (unpaired) electrons. The molecule has 0 aliphatic carbocycles. The summed E-state index contributed by atoms with van der Waals surface area (Å²) in [5.41, 5.74) is 1.91. The fraction of sp³-hybridized carbons (Fsp3) is 0.409. The quantitative estimate of drug-likeness (QED) is 0.545. The molecular formula is C22H25N3O5S2. The Bertz CT molecular complexity index is 1310. The normalized spacial score (nSPS) is 17.3. The maximum Gasteiger partial charge on any atom is 0.308 e. The van der Waals surface area contributed by atoms with E-state index in [0.717, 1.165) is 46.9 Å². The Labute approximate surface area is 190 Å². The Morgan fingerprint density at radius 2 is 1.78 bits per heavy atom. The summed E-state index contributed by atoms with van der Waals surface area (Å²) in [5, 5.41) is 0. The third-order valence-electron chi connectivity index (χ3n) is 5.90. The first-order chi connectivity index (χ1) is 15.5. The summed E-state index contributed by atoms with van der Waals surface area (Å²) in [7, 11) is -3.61. The lowest BCUT2D eigenvalue weighted by Crippen LogP contribution is -2.48. The van der Waals surface area contributed by atoms with E-state index in [2.05, 4.69) is 4.90 Å². The van der Waals surface area contributed by atoms with Gasteiger partial charge in [-0.15, -0.1) is 0 Å². The van der Waals surface area contributed by atoms with Gasteiger partial charge in [0, 0.05) is 39.3 Å². The minimum Gasteiger partial charge on any atom is -0.454 e. The zero-order chi connectivity index (χ0) is 22.3. The minimum atomic E-state index is -3.61. The van der Waals surface area contributed by atoms with Crippen molar-refractivity contribution in [1.82, 2.24) is 13.8 Å². The Kier molecular flexibility index (Phi) is 5.70. The Hall–Kier alpha value is -2.40. The molecule has 0 saturated carbocycles. The average molecular weight is 476 g/mol. The summed E-state index contributed by atoms with van der Waals surface area (Å²) < 4.78 is 41.2. The van der Waals surface area contributed by atoms with E-state index in [9.17, 15) is 13.2 Å². The molecule has 1 saturated heterocycles. The molecular weight excluding hydrogens is 450 g/mol. The van der Waals surface area contributed by atoms with Crippen LogP contribution in [0.2, 0.25) is 0 Å². The molecule has 3 heterocycles. The monoisotopic (exact) mass is 475 g/mol. The van der Waals surface area contributed by atoms with E-state index in [1.165, 1.54) is 4.31 Å². The predicted molar refractivity (Wildman–Crippen MR) is 123 cm³/mol. The van der Waals surface area contributed by atoms with Crippen molar-refractivity contribution in [3.8, 4) is 11.5 Å². The highest BCUT2D eigenvalue weighted by Gasteiger charge is 2.29. The number of hydrogen-bond donors (Lipinski definition) is 0. The van der Waals surface area contributed by atoms with Gasteiger partial charge in [0.15, 0.2) is 11.5 Å². The Morgan fingerprint density at radius 1 is 1.00 bits per heavy atom. The van der Waals surface area contributed by atoms with Crippen LogP contribution >= 0.6 is 11.3 Å². The average Bonchev–Trinajstić information content (AvgIpc) is 3.38. The van der Waals surface area contributed by atoms with Gasteiger partial charge in [-0.3, -0.25) is 14.3 Å². The molecule has 170 valence electrons. The van der Waals surface area contributed by atoms with Gasteiger partial charge in [-0.1, -0.05) is 24.3 Å². The van der Waals surface area contributed by atoms with Gasteiger partial charge in [-0.25, -0.2) is 8.42 Å². The fourth-order valence-electron chi connectivity index (χ4n) is 4.22. The first-order valence-electron chi connectivity index (χ1n) is 10.7. The third kappa shape index (κ3) is 3.92. The van der Waals surface area contributed by atoms with Crippen molar-refractivity contribution < 1.29 is 17.9 Å². The number of nitrogens with zero attached hydrogens (tertiary/aromatic N) is 3. The van der Waals surface area contributed by atoms with E-state index < -0.39 is 10.0 Å². The van der Waals surface area contributed by atoms with Gasteiger partial charge in [0.25, 0.3) is 0 Å². The van der Waals surface area contributed by atoms with Crippen LogP contribution in [0.25, 0.3) is 10.2 Å². The van der Waals surface area contributed by atoms with Crippen LogP contribution in [-0.2, 0) is 23.1 Å². The first-order valence-corrected chi connectivity index (χ1v) is 13.0. The van der Waals surface area contributed by atoms with Crippen LogP contribution in [0.1, 0.15) is 18.9 Å². The largest absolute Gasteiger partial charge is 0.454 e. The van der Waals surface area contributed by atoms with Crippen molar-refractivity contribution in [3.63, 3.8) is 0 Å². The molecule has 0 N–H and O–H groups in total. The zero-order valence-electron chi connectivity index (χ0n) is 17.8. The first kappa shape index (κ1) is 21.4. The number of thiazole rings is 1. The molecule has 2 aliphatic rings. The van der Waals surface area contributed by atoms with E-state index in [-0.39, 0.29) is 16.6 Å². The number of fused-ring (bicyclic) bond motifs is 2. The van der Waals surface area contributed by atoms with E-state index >= 15 is 0 Å². The Balaban J connectivity index is 1.28. The zero-order valence-corrected chi connectivity index (χ0v) is 19.5. The number of hydrogen-bond acceptors (Lipinski definition) is 7. The Morgan fingerprint density at radius 3 is 2.56 bits per heavy atom. The van der Waals surface area contributed by atoms with Crippen LogP contribution in [-0.4, -0.2) is 55.2 Å². The molecule has 0 bridgehead atoms. The molecule has 5 rings (SSSR count). The fourth-order valence-corrected chi connectivity index (χ4v) is 6.70. The van der Waals surface area contributed by atoms with Crippen LogP contribution in [0.15, 0.2) is 46.1 Å². The highest BCUT2D eigenvalue weighted by molar-refractivity contribution is 7.89. The summed E-state index contributed by atoms with van der Waals surface area (Å²) in [5.74, 6) is 1.52. The predicted octanol–water partition coefficient (Wildman–Crippen LogP) is 2.71. The molecule has 0 unspecified atom stereocenters. The number of aromatic nitrogens is 1. The van der Waals surface area contributed by atoms with Gasteiger partial charge in [0.1, 0.15) is 0 Å². The lowest BCUT2D eigenvalue weighted by molar-refractivity contribution is 0.173. The molecule has 8 nitrogen and oxygen atoms in total. The second-order valence-corrected chi connectivity index (χ2v) is 10.9. The minimum absolute atomic E-state index is 0.0477. The molecule has 2 aliphatic heterocycles. The highest BCUT2D eigenvalue weighted by atomic mass is 32.2. The molecule has 0 atom stereocenters. The van der Waals surface area contributed by atoms with Gasteiger partial charge < -0.3 is 9.47 Å². The van der Waals surface area contributed by atoms with Crippen LogP contribution in [0.3, 0.4) is 0 Å². The molecule has 0 spiro atoms. The van der Waals surface area contributed by atoms with Crippen molar-refractivity contribution >= 4 is 31.6 Å². The third-order valence-corrected chi connectivity index (χ3v) is 8.74. The van der Waals surface area contributed by atoms with Crippen LogP contribution in [0.4, 0.5) is 0 Å². The molecule has 0 amide bonds. The van der Waals surface area contributed by atoms with Gasteiger partial charge in [0.2, 0.25) is 16.8 Å². The molecule has 32 heavy (non-hydrogen) atoms. The van der Waals surface area contributed by atoms with Crippen LogP contribution in [0.5, 0.6) is 11.5 Å². The standard InChI is InChI=1S/C22H25N3O5S2/c1-2-7-25-18-5-4-17(13-21(18)31-22(25)26)32(27,28)24-10-8-23(9-11-24)14-16-3-6-19-20(12-16)30-15-29-19/h3-6,12-13H,2,7-11,14-15H2,1H3. The van der Waals surface area contributed by atoms with Gasteiger partial charge in [-0.05, 0) is 42.3 Å². The van der Waals surface area contributed by atoms with Crippen molar-refractivity contribution in [2.75, 3.05) is 33.0 Å².